The number of aliphatic hydroxyl groups is 1. The fourth-order valence-electron chi connectivity index (χ4n) is 9.64. The van der Waals surface area contributed by atoms with Gasteiger partial charge in [0.25, 0.3) is 0 Å². The van der Waals surface area contributed by atoms with Crippen molar-refractivity contribution in [1.82, 2.24) is 0 Å². The van der Waals surface area contributed by atoms with Crippen LogP contribution in [0, 0.1) is 11.8 Å². The SMILES string of the molecule is CCCCCCCCCCCCCCCCCC(=O)O[C@H](COC(=O)CCCCCCCCC(C)CC)COP(=O)(O)OC[C@@H](O)COP(=O)(O)OC[C@@H](COC(=O)CCCCCCCCCCC)OC(=O)CCCCCCCCC(C)CC. The number of hydrogen-bond acceptors (Lipinski definition) is 15. The molecule has 0 aromatic carbocycles. The Morgan fingerprint density at radius 3 is 0.845 bits per heavy atom. The van der Waals surface area contributed by atoms with E-state index in [2.05, 4.69) is 41.5 Å². The highest BCUT2D eigenvalue weighted by atomic mass is 31.2. The van der Waals surface area contributed by atoms with Crippen LogP contribution in [-0.4, -0.2) is 96.7 Å². The van der Waals surface area contributed by atoms with Crippen molar-refractivity contribution in [2.75, 3.05) is 39.6 Å². The zero-order valence-electron chi connectivity index (χ0n) is 54.2. The number of phosphoric ester groups is 2. The lowest BCUT2D eigenvalue weighted by atomic mass is 10.00. The van der Waals surface area contributed by atoms with Crippen molar-refractivity contribution < 1.29 is 80.2 Å². The Morgan fingerprint density at radius 2 is 0.571 bits per heavy atom. The minimum absolute atomic E-state index is 0.103. The molecule has 0 aromatic heterocycles. The maximum absolute atomic E-state index is 13.0. The topological polar surface area (TPSA) is 237 Å². The molecule has 0 fully saturated rings. The summed E-state index contributed by atoms with van der Waals surface area (Å²) < 4.78 is 68.0. The molecule has 7 atom stereocenters. The lowest BCUT2D eigenvalue weighted by Crippen LogP contribution is -2.30. The second kappa shape index (κ2) is 57.5. The zero-order chi connectivity index (χ0) is 62.2. The van der Waals surface area contributed by atoms with E-state index in [4.69, 9.17) is 37.0 Å². The first-order valence-corrected chi connectivity index (χ1v) is 37.1. The van der Waals surface area contributed by atoms with E-state index in [0.717, 1.165) is 108 Å². The third-order valence-corrected chi connectivity index (χ3v) is 17.6. The zero-order valence-corrected chi connectivity index (χ0v) is 56.0. The highest BCUT2D eigenvalue weighted by Crippen LogP contribution is 2.45. The van der Waals surface area contributed by atoms with Gasteiger partial charge in [0.05, 0.1) is 26.4 Å². The third-order valence-electron chi connectivity index (χ3n) is 15.7. The van der Waals surface area contributed by atoms with E-state index in [1.165, 1.54) is 135 Å². The first-order valence-electron chi connectivity index (χ1n) is 34.1. The van der Waals surface area contributed by atoms with E-state index in [1.807, 2.05) is 0 Å². The number of carbonyl (C=O) groups excluding carboxylic acids is 4. The van der Waals surface area contributed by atoms with Crippen molar-refractivity contribution >= 4 is 39.5 Å². The second-order valence-electron chi connectivity index (χ2n) is 24.0. The average molecular weight is 1240 g/mol. The monoisotopic (exact) mass is 1240 g/mol. The van der Waals surface area contributed by atoms with Gasteiger partial charge in [0.2, 0.25) is 0 Å². The van der Waals surface area contributed by atoms with Gasteiger partial charge >= 0.3 is 39.5 Å². The van der Waals surface area contributed by atoms with Crippen molar-refractivity contribution in [2.45, 2.75) is 342 Å². The second-order valence-corrected chi connectivity index (χ2v) is 26.9. The molecule has 0 saturated heterocycles. The summed E-state index contributed by atoms with van der Waals surface area (Å²) in [4.78, 5) is 72.2. The molecule has 0 heterocycles. The van der Waals surface area contributed by atoms with Gasteiger partial charge in [-0.25, -0.2) is 9.13 Å². The molecular formula is C65H126O17P2. The van der Waals surface area contributed by atoms with E-state index in [9.17, 15) is 43.2 Å². The van der Waals surface area contributed by atoms with Gasteiger partial charge in [0, 0.05) is 25.7 Å². The van der Waals surface area contributed by atoms with Gasteiger partial charge in [-0.15, -0.1) is 0 Å². The first-order chi connectivity index (χ1) is 40.4. The summed E-state index contributed by atoms with van der Waals surface area (Å²) in [6.45, 7) is 9.40. The minimum atomic E-state index is -4.95. The molecule has 0 radical (unpaired) electrons. The quantitative estimate of drug-likeness (QED) is 0.0222. The average Bonchev–Trinajstić information content (AvgIpc) is 3.48. The number of aliphatic hydroxyl groups excluding tert-OH is 1. The molecule has 17 nitrogen and oxygen atoms in total. The molecular weight excluding hydrogens is 1110 g/mol. The normalized spacial score (nSPS) is 14.9. The van der Waals surface area contributed by atoms with Crippen LogP contribution in [-0.2, 0) is 65.4 Å². The van der Waals surface area contributed by atoms with Crippen molar-refractivity contribution in [3.63, 3.8) is 0 Å². The summed E-state index contributed by atoms with van der Waals surface area (Å²) in [5.41, 5.74) is 0. The molecule has 84 heavy (non-hydrogen) atoms. The fraction of sp³-hybridized carbons (Fsp3) is 0.938. The van der Waals surface area contributed by atoms with Crippen LogP contribution in [0.25, 0.3) is 0 Å². The molecule has 19 heteroatoms. The van der Waals surface area contributed by atoms with Gasteiger partial charge in [0.1, 0.15) is 19.3 Å². The van der Waals surface area contributed by atoms with E-state index in [0.29, 0.717) is 25.7 Å². The molecule has 0 saturated carbocycles. The van der Waals surface area contributed by atoms with Crippen LogP contribution >= 0.6 is 15.6 Å². The molecule has 0 amide bonds. The molecule has 4 unspecified atom stereocenters. The lowest BCUT2D eigenvalue weighted by molar-refractivity contribution is -0.161. The molecule has 0 aliphatic heterocycles. The van der Waals surface area contributed by atoms with Crippen molar-refractivity contribution in [3.8, 4) is 0 Å². The standard InChI is InChI=1S/C65H126O17P2/c1-7-11-13-15-17-19-20-21-22-23-24-26-28-37-43-49-64(69)81-60(54-76-63(68)48-42-36-31-29-33-39-45-57(5)9-3)55-79-83(71,72)77-51-59(66)52-78-84(73,74)80-56-61(53-75-62(67)47-41-35-27-25-18-16-14-12-8-2)82-65(70)50-44-38-32-30-34-40-46-58(6)10-4/h57-61,66H,7-56H2,1-6H3,(H,71,72)(H,73,74)/t57?,58?,59-,60-,61-/m1/s1. The van der Waals surface area contributed by atoms with Crippen LogP contribution in [0.5, 0.6) is 0 Å². The number of ether oxygens (including phenoxy) is 4. The summed E-state index contributed by atoms with van der Waals surface area (Å²) in [6, 6.07) is 0. The Labute approximate surface area is 511 Å². The molecule has 0 aromatic rings. The van der Waals surface area contributed by atoms with E-state index < -0.39 is 97.5 Å². The summed E-state index contributed by atoms with van der Waals surface area (Å²) in [7, 11) is -9.89. The van der Waals surface area contributed by atoms with Crippen molar-refractivity contribution in [2.24, 2.45) is 11.8 Å². The molecule has 0 aliphatic rings. The molecule has 498 valence electrons. The lowest BCUT2D eigenvalue weighted by Gasteiger charge is -2.21. The predicted octanol–water partition coefficient (Wildman–Crippen LogP) is 18.0. The highest BCUT2D eigenvalue weighted by Gasteiger charge is 2.30. The third kappa shape index (κ3) is 56.6. The Hall–Kier alpha value is -1.94. The summed E-state index contributed by atoms with van der Waals surface area (Å²) >= 11 is 0. The summed E-state index contributed by atoms with van der Waals surface area (Å²) in [5, 5.41) is 10.5. The maximum Gasteiger partial charge on any atom is 0.472 e. The van der Waals surface area contributed by atoms with E-state index in [-0.39, 0.29) is 25.7 Å². The largest absolute Gasteiger partial charge is 0.472 e. The molecule has 0 spiro atoms. The number of hydrogen-bond donors (Lipinski definition) is 3. The molecule has 0 bridgehead atoms. The van der Waals surface area contributed by atoms with Crippen molar-refractivity contribution in [1.29, 1.82) is 0 Å². The smallest absolute Gasteiger partial charge is 0.462 e. The van der Waals surface area contributed by atoms with Crippen molar-refractivity contribution in [3.05, 3.63) is 0 Å². The van der Waals surface area contributed by atoms with E-state index in [1.54, 1.807) is 0 Å². The van der Waals surface area contributed by atoms with Gasteiger partial charge < -0.3 is 33.8 Å². The number of unbranched alkanes of at least 4 members (excludes halogenated alkanes) is 32. The number of phosphoric acid groups is 2. The van der Waals surface area contributed by atoms with Crippen LogP contribution in [0.1, 0.15) is 324 Å². The van der Waals surface area contributed by atoms with Crippen LogP contribution < -0.4 is 0 Å². The summed E-state index contributed by atoms with van der Waals surface area (Å²) in [5.74, 6) is -0.684. The van der Waals surface area contributed by atoms with Crippen LogP contribution in [0.4, 0.5) is 0 Å². The molecule has 0 rings (SSSR count). The van der Waals surface area contributed by atoms with Crippen LogP contribution in [0.2, 0.25) is 0 Å². The van der Waals surface area contributed by atoms with Gasteiger partial charge in [-0.05, 0) is 37.5 Å². The predicted molar refractivity (Wildman–Crippen MR) is 335 cm³/mol. The number of esters is 4. The minimum Gasteiger partial charge on any atom is -0.462 e. The maximum atomic E-state index is 13.0. The van der Waals surface area contributed by atoms with Crippen LogP contribution in [0.3, 0.4) is 0 Å². The Morgan fingerprint density at radius 1 is 0.333 bits per heavy atom. The fourth-order valence-corrected chi connectivity index (χ4v) is 11.2. The van der Waals surface area contributed by atoms with Gasteiger partial charge in [-0.1, -0.05) is 273 Å². The number of carbonyl (C=O) groups is 4. The van der Waals surface area contributed by atoms with Gasteiger partial charge in [-0.2, -0.15) is 0 Å². The number of rotatable bonds is 64. The Bertz CT molecular complexity index is 1650. The van der Waals surface area contributed by atoms with Gasteiger partial charge in [0.15, 0.2) is 12.2 Å². The van der Waals surface area contributed by atoms with Gasteiger partial charge in [-0.3, -0.25) is 37.3 Å². The summed E-state index contributed by atoms with van der Waals surface area (Å²) in [6.07, 6.45) is 40.3. The van der Waals surface area contributed by atoms with E-state index >= 15 is 0 Å². The molecule has 3 N–H and O–H groups in total. The first kappa shape index (κ1) is 82.1. The Kier molecular flexibility index (Phi) is 56.2. The van der Waals surface area contributed by atoms with Crippen LogP contribution in [0.15, 0.2) is 0 Å². The Balaban J connectivity index is 5.23. The highest BCUT2D eigenvalue weighted by molar-refractivity contribution is 7.47. The molecule has 0 aliphatic carbocycles.